The van der Waals surface area contributed by atoms with Crippen molar-refractivity contribution >= 4 is 22.6 Å². The fraction of sp³-hybridized carbons (Fsp3) is 0.259. The van der Waals surface area contributed by atoms with Gasteiger partial charge < -0.3 is 15.2 Å². The van der Waals surface area contributed by atoms with Crippen molar-refractivity contribution in [1.82, 2.24) is 10.8 Å². The smallest absolute Gasteiger partial charge is 0.250 e. The minimum absolute atomic E-state index is 0.121. The SMILES string of the molecule is O=C(CCCC/C=C(\COc1cccc2ccccc12)C(=O)NCCc1ccc(O)cc1)NO. The van der Waals surface area contributed by atoms with Crippen LogP contribution in [0.25, 0.3) is 10.8 Å². The summed E-state index contributed by atoms with van der Waals surface area (Å²) in [7, 11) is 0. The molecule has 3 rings (SSSR count). The number of nitrogens with one attached hydrogen (secondary N) is 2. The number of hydrogen-bond donors (Lipinski definition) is 4. The van der Waals surface area contributed by atoms with Gasteiger partial charge in [-0.2, -0.15) is 0 Å². The Morgan fingerprint density at radius 3 is 2.50 bits per heavy atom. The van der Waals surface area contributed by atoms with Crippen LogP contribution >= 0.6 is 0 Å². The van der Waals surface area contributed by atoms with Crippen molar-refractivity contribution in [2.75, 3.05) is 13.2 Å². The maximum Gasteiger partial charge on any atom is 0.250 e. The maximum atomic E-state index is 12.9. The molecule has 0 spiro atoms. The Morgan fingerprint density at radius 2 is 1.71 bits per heavy atom. The molecule has 3 aromatic carbocycles. The molecule has 7 heteroatoms. The van der Waals surface area contributed by atoms with E-state index >= 15 is 0 Å². The van der Waals surface area contributed by atoms with Gasteiger partial charge in [0.25, 0.3) is 0 Å². The molecule has 7 nitrogen and oxygen atoms in total. The average molecular weight is 463 g/mol. The number of amides is 2. The monoisotopic (exact) mass is 462 g/mol. The maximum absolute atomic E-state index is 12.9. The van der Waals surface area contributed by atoms with Crippen LogP contribution in [0.3, 0.4) is 0 Å². The lowest BCUT2D eigenvalue weighted by Gasteiger charge is -2.13. The lowest BCUT2D eigenvalue weighted by atomic mass is 10.1. The highest BCUT2D eigenvalue weighted by Crippen LogP contribution is 2.25. The lowest BCUT2D eigenvalue weighted by molar-refractivity contribution is -0.129. The van der Waals surface area contributed by atoms with E-state index in [1.165, 1.54) is 0 Å². The molecule has 0 heterocycles. The van der Waals surface area contributed by atoms with Gasteiger partial charge in [0.05, 0.1) is 5.57 Å². The van der Waals surface area contributed by atoms with E-state index in [0.29, 0.717) is 43.6 Å². The molecule has 0 bridgehead atoms. The topological polar surface area (TPSA) is 108 Å². The van der Waals surface area contributed by atoms with Crippen molar-refractivity contribution < 1.29 is 24.6 Å². The van der Waals surface area contributed by atoms with Crippen LogP contribution in [0.15, 0.2) is 78.4 Å². The van der Waals surface area contributed by atoms with Crippen molar-refractivity contribution in [3.8, 4) is 11.5 Å². The summed E-state index contributed by atoms with van der Waals surface area (Å²) in [5.41, 5.74) is 3.15. The quantitative estimate of drug-likeness (QED) is 0.139. The molecule has 3 aromatic rings. The zero-order chi connectivity index (χ0) is 24.2. The van der Waals surface area contributed by atoms with Crippen molar-refractivity contribution in [3.05, 3.63) is 83.9 Å². The number of aromatic hydroxyl groups is 1. The van der Waals surface area contributed by atoms with Crippen LogP contribution in [-0.2, 0) is 16.0 Å². The van der Waals surface area contributed by atoms with E-state index in [2.05, 4.69) is 5.32 Å². The summed E-state index contributed by atoms with van der Waals surface area (Å²) in [6, 6.07) is 20.6. The molecule has 0 unspecified atom stereocenters. The summed E-state index contributed by atoms with van der Waals surface area (Å²) in [6.45, 7) is 0.571. The van der Waals surface area contributed by atoms with Gasteiger partial charge in [-0.25, -0.2) is 5.48 Å². The van der Waals surface area contributed by atoms with Crippen LogP contribution in [0.1, 0.15) is 31.2 Å². The molecule has 4 N–H and O–H groups in total. The van der Waals surface area contributed by atoms with Gasteiger partial charge in [0.1, 0.15) is 18.1 Å². The highest BCUT2D eigenvalue weighted by Gasteiger charge is 2.11. The Labute approximate surface area is 199 Å². The van der Waals surface area contributed by atoms with Gasteiger partial charge in [0, 0.05) is 18.4 Å². The second-order valence-corrected chi connectivity index (χ2v) is 7.95. The van der Waals surface area contributed by atoms with E-state index < -0.39 is 5.91 Å². The molecule has 0 aliphatic heterocycles. The minimum Gasteiger partial charge on any atom is -0.508 e. The minimum atomic E-state index is -0.421. The zero-order valence-electron chi connectivity index (χ0n) is 19.0. The number of rotatable bonds is 12. The Kier molecular flexibility index (Phi) is 9.49. The van der Waals surface area contributed by atoms with E-state index in [1.54, 1.807) is 17.6 Å². The molecule has 0 saturated carbocycles. The molecule has 0 saturated heterocycles. The Bertz CT molecular complexity index is 1120. The normalized spacial score (nSPS) is 11.3. The molecular formula is C27H30N2O5. The number of allylic oxidation sites excluding steroid dienone is 1. The van der Waals surface area contributed by atoms with Crippen LogP contribution in [0.4, 0.5) is 0 Å². The highest BCUT2D eigenvalue weighted by molar-refractivity contribution is 5.94. The molecular weight excluding hydrogens is 432 g/mol. The molecule has 0 atom stereocenters. The predicted molar refractivity (Wildman–Crippen MR) is 131 cm³/mol. The number of phenolic OH excluding ortho intramolecular Hbond substituents is 1. The van der Waals surface area contributed by atoms with Crippen molar-refractivity contribution in [1.29, 1.82) is 0 Å². The first-order valence-corrected chi connectivity index (χ1v) is 11.4. The number of phenols is 1. The molecule has 0 aliphatic carbocycles. The Hall–Kier alpha value is -3.84. The van der Waals surface area contributed by atoms with Crippen molar-refractivity contribution in [2.24, 2.45) is 0 Å². The van der Waals surface area contributed by atoms with Gasteiger partial charge in [0.2, 0.25) is 11.8 Å². The lowest BCUT2D eigenvalue weighted by Crippen LogP contribution is -2.29. The van der Waals surface area contributed by atoms with E-state index in [4.69, 9.17) is 9.94 Å². The van der Waals surface area contributed by atoms with E-state index in [-0.39, 0.29) is 24.7 Å². The van der Waals surface area contributed by atoms with Gasteiger partial charge in [0.15, 0.2) is 0 Å². The van der Waals surface area contributed by atoms with Crippen LogP contribution in [-0.4, -0.2) is 35.3 Å². The summed E-state index contributed by atoms with van der Waals surface area (Å²) in [6.07, 6.45) is 4.62. The third-order valence-electron chi connectivity index (χ3n) is 5.43. The zero-order valence-corrected chi connectivity index (χ0v) is 19.0. The summed E-state index contributed by atoms with van der Waals surface area (Å²) >= 11 is 0. The van der Waals surface area contributed by atoms with Crippen LogP contribution in [0.5, 0.6) is 11.5 Å². The first-order chi connectivity index (χ1) is 16.6. The molecule has 34 heavy (non-hydrogen) atoms. The van der Waals surface area contributed by atoms with E-state index in [1.807, 2.05) is 60.7 Å². The summed E-state index contributed by atoms with van der Waals surface area (Å²) in [5.74, 6) is 0.295. The van der Waals surface area contributed by atoms with Gasteiger partial charge in [-0.3, -0.25) is 14.8 Å². The fourth-order valence-electron chi connectivity index (χ4n) is 3.55. The number of carbonyl (C=O) groups excluding carboxylic acids is 2. The summed E-state index contributed by atoms with van der Waals surface area (Å²) in [5, 5.41) is 23.0. The van der Waals surface area contributed by atoms with E-state index in [0.717, 1.165) is 16.3 Å². The molecule has 0 fully saturated rings. The highest BCUT2D eigenvalue weighted by atomic mass is 16.5. The van der Waals surface area contributed by atoms with Gasteiger partial charge in [-0.1, -0.05) is 54.6 Å². The molecule has 0 aliphatic rings. The van der Waals surface area contributed by atoms with Crippen molar-refractivity contribution in [3.63, 3.8) is 0 Å². The molecule has 2 amide bonds. The second-order valence-electron chi connectivity index (χ2n) is 7.95. The van der Waals surface area contributed by atoms with Gasteiger partial charge >= 0.3 is 0 Å². The average Bonchev–Trinajstić information content (AvgIpc) is 2.86. The number of unbranched alkanes of at least 4 members (excludes halogenated alkanes) is 2. The van der Waals surface area contributed by atoms with Crippen LogP contribution in [0, 0.1) is 0 Å². The Balaban J connectivity index is 1.61. The third kappa shape index (κ3) is 7.64. The molecule has 0 radical (unpaired) electrons. The molecule has 178 valence electrons. The number of fused-ring (bicyclic) bond motifs is 1. The van der Waals surface area contributed by atoms with Crippen molar-refractivity contribution in [2.45, 2.75) is 32.1 Å². The summed E-state index contributed by atoms with van der Waals surface area (Å²) in [4.78, 5) is 24.1. The first-order valence-electron chi connectivity index (χ1n) is 11.4. The van der Waals surface area contributed by atoms with Gasteiger partial charge in [-0.05, 0) is 54.8 Å². The standard InChI is InChI=1S/C27H30N2O5/c30-23-15-13-20(14-16-23)17-18-28-27(32)22(8-2-1-3-12-26(31)29-33)19-34-25-11-6-9-21-7-4-5-10-24(21)25/h4-11,13-16,30,33H,1-3,12,17-19H2,(H,28,32)(H,29,31)/b22-8+. The number of hydroxylamine groups is 1. The van der Waals surface area contributed by atoms with Crippen LogP contribution in [0.2, 0.25) is 0 Å². The number of carbonyl (C=O) groups is 2. The number of benzene rings is 3. The molecule has 0 aromatic heterocycles. The number of ether oxygens (including phenoxy) is 1. The number of hydrogen-bond acceptors (Lipinski definition) is 5. The van der Waals surface area contributed by atoms with E-state index in [9.17, 15) is 14.7 Å². The second kappa shape index (κ2) is 13.0. The summed E-state index contributed by atoms with van der Waals surface area (Å²) < 4.78 is 6.04. The van der Waals surface area contributed by atoms with Gasteiger partial charge in [-0.15, -0.1) is 0 Å². The largest absolute Gasteiger partial charge is 0.508 e. The first kappa shape index (κ1) is 24.8. The predicted octanol–water partition coefficient (Wildman–Crippen LogP) is 4.28. The third-order valence-corrected chi connectivity index (χ3v) is 5.43. The Morgan fingerprint density at radius 1 is 0.941 bits per heavy atom. The van der Waals surface area contributed by atoms with Crippen LogP contribution < -0.4 is 15.5 Å². The fourth-order valence-corrected chi connectivity index (χ4v) is 3.55.